The number of hydrogen-bond acceptors (Lipinski definition) is 4. The number of carbonyl (C=O) groups is 1. The van der Waals surface area contributed by atoms with Gasteiger partial charge in [-0.25, -0.2) is 4.79 Å². The van der Waals surface area contributed by atoms with Crippen molar-refractivity contribution in [2.24, 2.45) is 0 Å². The molecule has 0 bridgehead atoms. The van der Waals surface area contributed by atoms with Crippen molar-refractivity contribution in [2.75, 3.05) is 0 Å². The molecule has 29 heavy (non-hydrogen) atoms. The van der Waals surface area contributed by atoms with Crippen LogP contribution in [0.5, 0.6) is 5.75 Å². The van der Waals surface area contributed by atoms with Crippen molar-refractivity contribution in [1.29, 1.82) is 0 Å². The highest BCUT2D eigenvalue weighted by atomic mass is 16.6. The molecule has 1 fully saturated rings. The summed E-state index contributed by atoms with van der Waals surface area (Å²) in [4.78, 5) is 12.7. The van der Waals surface area contributed by atoms with Crippen LogP contribution in [0.1, 0.15) is 42.6 Å². The molecule has 4 nitrogen and oxygen atoms in total. The lowest BCUT2D eigenvalue weighted by Gasteiger charge is -2.42. The minimum Gasteiger partial charge on any atom is -0.489 e. The fraction of sp³-hybridized carbons (Fsp3) is 0.240. The lowest BCUT2D eigenvalue weighted by Crippen LogP contribution is -2.52. The maximum Gasteiger partial charge on any atom is 0.328 e. The number of cyclic esters (lactones) is 1. The molecule has 1 aliphatic rings. The highest BCUT2D eigenvalue weighted by Crippen LogP contribution is 2.37. The smallest absolute Gasteiger partial charge is 0.328 e. The molecule has 0 unspecified atom stereocenters. The summed E-state index contributed by atoms with van der Waals surface area (Å²) in [6.07, 6.45) is 0. The van der Waals surface area contributed by atoms with Crippen molar-refractivity contribution in [1.82, 2.24) is 5.32 Å². The molecule has 0 radical (unpaired) electrons. The Balaban J connectivity index is 1.49. The summed E-state index contributed by atoms with van der Waals surface area (Å²) in [7, 11) is 0. The third-order valence-electron chi connectivity index (χ3n) is 5.22. The highest BCUT2D eigenvalue weighted by molar-refractivity contribution is 5.79. The highest BCUT2D eigenvalue weighted by Gasteiger charge is 2.43. The SMILES string of the molecule is CC1(C)OC(=O)[C@H](c2ccc(OCc3ccccc3)cc2)N[C@H]1c1ccccc1. The average molecular weight is 387 g/mol. The quantitative estimate of drug-likeness (QED) is 0.628. The van der Waals surface area contributed by atoms with E-state index in [4.69, 9.17) is 9.47 Å². The first-order valence-corrected chi connectivity index (χ1v) is 9.83. The Bertz CT molecular complexity index is 952. The largest absolute Gasteiger partial charge is 0.489 e. The maximum atomic E-state index is 12.7. The van der Waals surface area contributed by atoms with Crippen molar-refractivity contribution >= 4 is 5.97 Å². The number of esters is 1. The molecule has 0 aromatic heterocycles. The van der Waals surface area contributed by atoms with E-state index in [1.54, 1.807) is 0 Å². The molecule has 1 saturated heterocycles. The molecule has 4 rings (SSSR count). The summed E-state index contributed by atoms with van der Waals surface area (Å²) < 4.78 is 11.7. The minimum absolute atomic E-state index is 0.0968. The van der Waals surface area contributed by atoms with Crippen molar-refractivity contribution in [3.05, 3.63) is 102 Å². The lowest BCUT2D eigenvalue weighted by atomic mass is 9.88. The molecular formula is C25H25NO3. The van der Waals surface area contributed by atoms with Crippen LogP contribution in [-0.4, -0.2) is 11.6 Å². The first kappa shape index (κ1) is 19.2. The Morgan fingerprint density at radius 3 is 2.14 bits per heavy atom. The molecule has 0 aliphatic carbocycles. The summed E-state index contributed by atoms with van der Waals surface area (Å²) in [6.45, 7) is 4.38. The summed E-state index contributed by atoms with van der Waals surface area (Å²) >= 11 is 0. The number of morpholine rings is 1. The zero-order chi connectivity index (χ0) is 20.3. The van der Waals surface area contributed by atoms with Crippen LogP contribution in [-0.2, 0) is 16.1 Å². The van der Waals surface area contributed by atoms with Gasteiger partial charge >= 0.3 is 5.97 Å². The summed E-state index contributed by atoms with van der Waals surface area (Å²) in [6, 6.07) is 27.1. The molecule has 3 aromatic carbocycles. The summed E-state index contributed by atoms with van der Waals surface area (Å²) in [5.74, 6) is 0.502. The Morgan fingerprint density at radius 2 is 1.48 bits per heavy atom. The van der Waals surface area contributed by atoms with Gasteiger partial charge < -0.3 is 9.47 Å². The fourth-order valence-electron chi connectivity index (χ4n) is 3.69. The summed E-state index contributed by atoms with van der Waals surface area (Å²) in [5, 5.41) is 3.49. The molecule has 0 saturated carbocycles. The van der Waals surface area contributed by atoms with Gasteiger partial charge in [-0.2, -0.15) is 0 Å². The predicted molar refractivity (Wildman–Crippen MR) is 112 cm³/mol. The average Bonchev–Trinajstić information content (AvgIpc) is 2.74. The number of hydrogen-bond donors (Lipinski definition) is 1. The fourth-order valence-corrected chi connectivity index (χ4v) is 3.69. The molecular weight excluding hydrogens is 362 g/mol. The molecule has 148 valence electrons. The van der Waals surface area contributed by atoms with Crippen LogP contribution in [0.4, 0.5) is 0 Å². The monoisotopic (exact) mass is 387 g/mol. The first-order valence-electron chi connectivity index (χ1n) is 9.83. The standard InChI is InChI=1S/C25H25NO3/c1-25(2)23(20-11-7-4-8-12-20)26-22(24(27)29-25)19-13-15-21(16-14-19)28-17-18-9-5-3-6-10-18/h3-16,22-23,26H,17H2,1-2H3/t22-,23-/m0/s1. The van der Waals surface area contributed by atoms with Gasteiger partial charge in [0, 0.05) is 0 Å². The van der Waals surface area contributed by atoms with Crippen molar-refractivity contribution in [3.8, 4) is 5.75 Å². The van der Waals surface area contributed by atoms with Crippen LogP contribution in [0.3, 0.4) is 0 Å². The van der Waals surface area contributed by atoms with Crippen LogP contribution >= 0.6 is 0 Å². The third-order valence-corrected chi connectivity index (χ3v) is 5.22. The van der Waals surface area contributed by atoms with Gasteiger partial charge in [-0.05, 0) is 42.7 Å². The van der Waals surface area contributed by atoms with E-state index >= 15 is 0 Å². The van der Waals surface area contributed by atoms with Crippen LogP contribution in [0.15, 0.2) is 84.9 Å². The number of ether oxygens (including phenoxy) is 2. The van der Waals surface area contributed by atoms with Crippen molar-refractivity contribution in [2.45, 2.75) is 38.1 Å². The summed E-state index contributed by atoms with van der Waals surface area (Å²) in [5.41, 5.74) is 2.44. The molecule has 4 heteroatoms. The van der Waals surface area contributed by atoms with Crippen LogP contribution in [0.2, 0.25) is 0 Å². The Hall–Kier alpha value is -3.11. The second-order valence-corrected chi connectivity index (χ2v) is 7.81. The number of nitrogens with one attached hydrogen (secondary N) is 1. The van der Waals surface area contributed by atoms with Crippen LogP contribution in [0, 0.1) is 0 Å². The Kier molecular flexibility index (Phi) is 5.36. The van der Waals surface area contributed by atoms with E-state index in [-0.39, 0.29) is 12.0 Å². The minimum atomic E-state index is -0.631. The maximum absolute atomic E-state index is 12.7. The predicted octanol–water partition coefficient (Wildman–Crippen LogP) is 4.97. The zero-order valence-electron chi connectivity index (χ0n) is 16.7. The van der Waals surface area contributed by atoms with Gasteiger partial charge in [-0.3, -0.25) is 5.32 Å². The number of rotatable bonds is 5. The van der Waals surface area contributed by atoms with E-state index in [0.29, 0.717) is 6.61 Å². The lowest BCUT2D eigenvalue weighted by molar-refractivity contribution is -0.172. The molecule has 0 spiro atoms. The van der Waals surface area contributed by atoms with E-state index < -0.39 is 11.6 Å². The molecule has 1 heterocycles. The zero-order valence-corrected chi connectivity index (χ0v) is 16.7. The van der Waals surface area contributed by atoms with Crippen molar-refractivity contribution in [3.63, 3.8) is 0 Å². The molecule has 0 amide bonds. The number of benzene rings is 3. The van der Waals surface area contributed by atoms with Crippen molar-refractivity contribution < 1.29 is 14.3 Å². The van der Waals surface area contributed by atoms with Crippen LogP contribution in [0.25, 0.3) is 0 Å². The Morgan fingerprint density at radius 1 is 0.862 bits per heavy atom. The van der Waals surface area contributed by atoms with E-state index in [1.807, 2.05) is 86.6 Å². The van der Waals surface area contributed by atoms with E-state index in [9.17, 15) is 4.79 Å². The van der Waals surface area contributed by atoms with Gasteiger partial charge in [0.05, 0.1) is 6.04 Å². The molecule has 3 aromatic rings. The van der Waals surface area contributed by atoms with Gasteiger partial charge in [-0.15, -0.1) is 0 Å². The first-order chi connectivity index (χ1) is 14.0. The van der Waals surface area contributed by atoms with E-state index in [0.717, 1.165) is 22.4 Å². The number of carbonyl (C=O) groups excluding carboxylic acids is 1. The molecule has 1 N–H and O–H groups in total. The molecule has 1 aliphatic heterocycles. The molecule has 2 atom stereocenters. The Labute approximate surface area is 171 Å². The van der Waals surface area contributed by atoms with Gasteiger partial charge in [0.1, 0.15) is 24.0 Å². The van der Waals surface area contributed by atoms with Gasteiger partial charge in [0.2, 0.25) is 0 Å². The normalized spacial score (nSPS) is 20.7. The third kappa shape index (κ3) is 4.33. The van der Waals surface area contributed by atoms with E-state index in [1.165, 1.54) is 0 Å². The van der Waals surface area contributed by atoms with E-state index in [2.05, 4.69) is 17.4 Å². The van der Waals surface area contributed by atoms with Gasteiger partial charge in [0.25, 0.3) is 0 Å². The second kappa shape index (κ2) is 8.10. The second-order valence-electron chi connectivity index (χ2n) is 7.81. The van der Waals surface area contributed by atoms with Gasteiger partial charge in [-0.1, -0.05) is 72.8 Å². The topological polar surface area (TPSA) is 47.6 Å². The van der Waals surface area contributed by atoms with Crippen LogP contribution < -0.4 is 10.1 Å². The van der Waals surface area contributed by atoms with Gasteiger partial charge in [0.15, 0.2) is 0 Å².